The van der Waals surface area contributed by atoms with Crippen LogP contribution >= 0.6 is 27.5 Å². The second-order valence-corrected chi connectivity index (χ2v) is 5.38. The van der Waals surface area contributed by atoms with Gasteiger partial charge < -0.3 is 10.4 Å². The van der Waals surface area contributed by atoms with Crippen molar-refractivity contribution in [1.82, 2.24) is 5.32 Å². The first-order chi connectivity index (χ1) is 9.71. The Hall–Kier alpha value is -1.05. The van der Waals surface area contributed by atoms with E-state index in [0.717, 1.165) is 29.0 Å². The molecular weight excluding hydrogens is 374 g/mol. The Bertz CT molecular complexity index is 547. The SMILES string of the molecule is Clc1cc(C2=CCNCC2)ccc1Br.O=C(O)C(F)(F)F. The van der Waals surface area contributed by atoms with Crippen LogP contribution < -0.4 is 5.32 Å². The summed E-state index contributed by atoms with van der Waals surface area (Å²) in [5.74, 6) is -2.76. The standard InChI is InChI=1S/C11H11BrClN.C2HF3O2/c12-10-2-1-9(7-11(10)13)8-3-5-14-6-4-8;3-2(4,5)1(6)7/h1-3,7,14H,4-6H2;(H,6,7). The van der Waals surface area contributed by atoms with Crippen molar-refractivity contribution in [2.45, 2.75) is 12.6 Å². The van der Waals surface area contributed by atoms with Crippen LogP contribution in [0.5, 0.6) is 0 Å². The average molecular weight is 387 g/mol. The number of rotatable bonds is 1. The summed E-state index contributed by atoms with van der Waals surface area (Å²) in [4.78, 5) is 8.90. The van der Waals surface area contributed by atoms with Crippen LogP contribution in [0.4, 0.5) is 13.2 Å². The van der Waals surface area contributed by atoms with E-state index in [4.69, 9.17) is 21.5 Å². The number of carboxylic acid groups (broad SMARTS) is 1. The molecule has 21 heavy (non-hydrogen) atoms. The van der Waals surface area contributed by atoms with Gasteiger partial charge in [0.2, 0.25) is 0 Å². The van der Waals surface area contributed by atoms with Gasteiger partial charge in [0, 0.05) is 11.0 Å². The quantitative estimate of drug-likeness (QED) is 0.763. The van der Waals surface area contributed by atoms with E-state index in [1.54, 1.807) is 0 Å². The third-order valence-electron chi connectivity index (χ3n) is 2.60. The molecule has 0 saturated carbocycles. The van der Waals surface area contributed by atoms with Crippen LogP contribution in [0.25, 0.3) is 5.57 Å². The molecule has 1 aromatic carbocycles. The molecule has 3 nitrogen and oxygen atoms in total. The van der Waals surface area contributed by atoms with Gasteiger partial charge in [-0.05, 0) is 52.2 Å². The molecule has 2 rings (SSSR count). The van der Waals surface area contributed by atoms with Gasteiger partial charge in [0.05, 0.1) is 5.02 Å². The van der Waals surface area contributed by atoms with E-state index in [9.17, 15) is 13.2 Å². The molecule has 8 heteroatoms. The lowest BCUT2D eigenvalue weighted by molar-refractivity contribution is -0.192. The zero-order valence-electron chi connectivity index (χ0n) is 10.7. The van der Waals surface area contributed by atoms with Crippen LogP contribution in [0.15, 0.2) is 28.7 Å². The van der Waals surface area contributed by atoms with Crippen molar-refractivity contribution in [3.63, 3.8) is 0 Å². The van der Waals surface area contributed by atoms with Crippen LogP contribution in [-0.4, -0.2) is 30.3 Å². The number of carboxylic acids is 1. The fourth-order valence-electron chi connectivity index (χ4n) is 1.58. The molecule has 116 valence electrons. The van der Waals surface area contributed by atoms with E-state index in [0.29, 0.717) is 0 Å². The lowest BCUT2D eigenvalue weighted by atomic mass is 10.0. The maximum atomic E-state index is 10.6. The molecule has 0 fully saturated rings. The number of aliphatic carboxylic acids is 1. The molecule has 1 aromatic rings. The Morgan fingerprint density at radius 1 is 1.38 bits per heavy atom. The highest BCUT2D eigenvalue weighted by Crippen LogP contribution is 2.28. The first-order valence-electron chi connectivity index (χ1n) is 5.87. The summed E-state index contributed by atoms with van der Waals surface area (Å²) in [7, 11) is 0. The maximum absolute atomic E-state index is 10.6. The first kappa shape index (κ1) is 18.0. The number of carbonyl (C=O) groups is 1. The molecule has 0 bridgehead atoms. The summed E-state index contributed by atoms with van der Waals surface area (Å²) in [6.45, 7) is 2.02. The van der Waals surface area contributed by atoms with E-state index in [1.165, 1.54) is 11.1 Å². The second kappa shape index (κ2) is 7.82. The van der Waals surface area contributed by atoms with E-state index in [2.05, 4.69) is 33.4 Å². The van der Waals surface area contributed by atoms with Gasteiger partial charge in [0.15, 0.2) is 0 Å². The summed E-state index contributed by atoms with van der Waals surface area (Å²) in [5.41, 5.74) is 2.62. The molecule has 0 atom stereocenters. The van der Waals surface area contributed by atoms with Crippen molar-refractivity contribution in [2.75, 3.05) is 13.1 Å². The predicted octanol–water partition coefficient (Wildman–Crippen LogP) is 4.11. The Morgan fingerprint density at radius 3 is 2.43 bits per heavy atom. The highest BCUT2D eigenvalue weighted by Gasteiger charge is 2.38. The largest absolute Gasteiger partial charge is 0.490 e. The summed E-state index contributed by atoms with van der Waals surface area (Å²) in [5, 5.41) is 11.2. The van der Waals surface area contributed by atoms with Crippen molar-refractivity contribution in [3.8, 4) is 0 Å². The van der Waals surface area contributed by atoms with Crippen LogP contribution in [0.2, 0.25) is 5.02 Å². The van der Waals surface area contributed by atoms with Crippen LogP contribution in [-0.2, 0) is 4.79 Å². The average Bonchev–Trinajstić information content (AvgIpc) is 2.42. The minimum atomic E-state index is -5.08. The molecule has 0 amide bonds. The summed E-state index contributed by atoms with van der Waals surface area (Å²) in [6, 6.07) is 6.12. The molecule has 1 aliphatic rings. The smallest absolute Gasteiger partial charge is 0.475 e. The van der Waals surface area contributed by atoms with Crippen molar-refractivity contribution < 1.29 is 23.1 Å². The Labute approximate surface area is 132 Å². The number of nitrogens with one attached hydrogen (secondary N) is 1. The van der Waals surface area contributed by atoms with Crippen LogP contribution in [0.3, 0.4) is 0 Å². The van der Waals surface area contributed by atoms with Gasteiger partial charge >= 0.3 is 12.1 Å². The van der Waals surface area contributed by atoms with Gasteiger partial charge in [-0.15, -0.1) is 0 Å². The van der Waals surface area contributed by atoms with E-state index >= 15 is 0 Å². The summed E-state index contributed by atoms with van der Waals surface area (Å²) >= 11 is 9.43. The van der Waals surface area contributed by atoms with E-state index < -0.39 is 12.1 Å². The van der Waals surface area contributed by atoms with E-state index in [1.807, 2.05) is 12.1 Å². The first-order valence-corrected chi connectivity index (χ1v) is 7.04. The Balaban J connectivity index is 0.000000270. The molecule has 2 N–H and O–H groups in total. The fourth-order valence-corrected chi connectivity index (χ4v) is 2.01. The predicted molar refractivity (Wildman–Crippen MR) is 78.3 cm³/mol. The lowest BCUT2D eigenvalue weighted by Gasteiger charge is -2.14. The monoisotopic (exact) mass is 385 g/mol. The van der Waals surface area contributed by atoms with Crippen molar-refractivity contribution >= 4 is 39.1 Å². The van der Waals surface area contributed by atoms with Gasteiger partial charge in [-0.1, -0.05) is 23.7 Å². The van der Waals surface area contributed by atoms with Crippen molar-refractivity contribution in [3.05, 3.63) is 39.3 Å². The number of hydrogen-bond acceptors (Lipinski definition) is 2. The Kier molecular flexibility index (Phi) is 6.70. The van der Waals surface area contributed by atoms with Crippen molar-refractivity contribution in [2.24, 2.45) is 0 Å². The minimum Gasteiger partial charge on any atom is -0.475 e. The molecule has 0 saturated heterocycles. The zero-order valence-corrected chi connectivity index (χ0v) is 13.0. The molecular formula is C13H12BrClF3NO2. The normalized spacial score (nSPS) is 14.8. The number of hydrogen-bond donors (Lipinski definition) is 2. The third kappa shape index (κ3) is 6.07. The van der Waals surface area contributed by atoms with Crippen LogP contribution in [0.1, 0.15) is 12.0 Å². The van der Waals surface area contributed by atoms with Gasteiger partial charge in [-0.25, -0.2) is 4.79 Å². The molecule has 0 radical (unpaired) electrons. The van der Waals surface area contributed by atoms with Crippen molar-refractivity contribution in [1.29, 1.82) is 0 Å². The second-order valence-electron chi connectivity index (χ2n) is 4.12. The fraction of sp³-hybridized carbons (Fsp3) is 0.308. The molecule has 0 unspecified atom stereocenters. The number of benzene rings is 1. The highest BCUT2D eigenvalue weighted by molar-refractivity contribution is 9.10. The Morgan fingerprint density at radius 2 is 2.00 bits per heavy atom. The van der Waals surface area contributed by atoms with Crippen LogP contribution in [0, 0.1) is 0 Å². The third-order valence-corrected chi connectivity index (χ3v) is 3.83. The molecule has 1 heterocycles. The lowest BCUT2D eigenvalue weighted by Crippen LogP contribution is -2.21. The van der Waals surface area contributed by atoms with E-state index in [-0.39, 0.29) is 0 Å². The summed E-state index contributed by atoms with van der Waals surface area (Å²) < 4.78 is 32.7. The number of alkyl halides is 3. The molecule has 1 aliphatic heterocycles. The van der Waals surface area contributed by atoms with Gasteiger partial charge in [0.25, 0.3) is 0 Å². The minimum absolute atomic E-state index is 0.780. The highest BCUT2D eigenvalue weighted by atomic mass is 79.9. The zero-order chi connectivity index (χ0) is 16.0. The molecule has 0 spiro atoms. The van der Waals surface area contributed by atoms with Gasteiger partial charge in [-0.2, -0.15) is 13.2 Å². The maximum Gasteiger partial charge on any atom is 0.490 e. The molecule has 0 aliphatic carbocycles. The topological polar surface area (TPSA) is 49.3 Å². The van der Waals surface area contributed by atoms with Gasteiger partial charge in [0.1, 0.15) is 0 Å². The number of halogens is 5. The molecule has 0 aromatic heterocycles. The van der Waals surface area contributed by atoms with Gasteiger partial charge in [-0.3, -0.25) is 0 Å². The summed E-state index contributed by atoms with van der Waals surface area (Å²) in [6.07, 6.45) is -1.78.